The quantitative estimate of drug-likeness (QED) is 0.812. The normalized spacial score (nSPS) is 14.4. The lowest BCUT2D eigenvalue weighted by molar-refractivity contribution is 0.0987. The molecule has 0 atom stereocenters. The van der Waals surface area contributed by atoms with Gasteiger partial charge in [-0.15, -0.1) is 0 Å². The van der Waals surface area contributed by atoms with Crippen LogP contribution in [0.2, 0.25) is 5.02 Å². The van der Waals surface area contributed by atoms with Crippen molar-refractivity contribution in [3.63, 3.8) is 0 Å². The number of fused-ring (bicyclic) bond motifs is 1. The first-order chi connectivity index (χ1) is 10.2. The van der Waals surface area contributed by atoms with Crippen LogP contribution in [0, 0.1) is 0 Å². The average Bonchev–Trinajstić information content (AvgIpc) is 2.71. The van der Waals surface area contributed by atoms with E-state index in [4.69, 9.17) is 17.3 Å². The summed E-state index contributed by atoms with van der Waals surface area (Å²) in [6.45, 7) is 0.734. The Morgan fingerprint density at radius 1 is 1.14 bits per heavy atom. The van der Waals surface area contributed by atoms with Crippen LogP contribution in [0.15, 0.2) is 42.5 Å². The van der Waals surface area contributed by atoms with Gasteiger partial charge in [0.15, 0.2) is 0 Å². The molecule has 21 heavy (non-hydrogen) atoms. The minimum absolute atomic E-state index is 0.0220. The predicted octanol–water partition coefficient (Wildman–Crippen LogP) is 3.91. The smallest absolute Gasteiger partial charge is 0.258 e. The highest BCUT2D eigenvalue weighted by Gasteiger charge is 2.22. The van der Waals surface area contributed by atoms with Crippen molar-refractivity contribution in [2.24, 2.45) is 0 Å². The van der Waals surface area contributed by atoms with Crippen molar-refractivity contribution in [1.82, 2.24) is 0 Å². The maximum absolute atomic E-state index is 12.8. The minimum Gasteiger partial charge on any atom is -0.398 e. The molecule has 0 fully saturated rings. The number of hydrogen-bond acceptors (Lipinski definition) is 2. The SMILES string of the molecule is Nc1ccc(C(=O)N2CCCCc3ccccc32)cc1Cl. The largest absolute Gasteiger partial charge is 0.398 e. The first-order valence-corrected chi connectivity index (χ1v) is 7.49. The van der Waals surface area contributed by atoms with Crippen molar-refractivity contribution in [2.75, 3.05) is 17.2 Å². The van der Waals surface area contributed by atoms with Crippen LogP contribution < -0.4 is 10.6 Å². The van der Waals surface area contributed by atoms with E-state index in [9.17, 15) is 4.79 Å². The highest BCUT2D eigenvalue weighted by atomic mass is 35.5. The fraction of sp³-hybridized carbons (Fsp3) is 0.235. The number of halogens is 1. The molecule has 0 saturated carbocycles. The van der Waals surface area contributed by atoms with E-state index in [1.54, 1.807) is 18.2 Å². The first kappa shape index (κ1) is 14.0. The second-order valence-corrected chi connectivity index (χ2v) is 5.69. The third kappa shape index (κ3) is 2.74. The van der Waals surface area contributed by atoms with E-state index in [1.807, 2.05) is 23.1 Å². The van der Waals surface area contributed by atoms with Crippen LogP contribution in [0.5, 0.6) is 0 Å². The summed E-state index contributed by atoms with van der Waals surface area (Å²) in [5.74, 6) is -0.0220. The van der Waals surface area contributed by atoms with Gasteiger partial charge in [-0.25, -0.2) is 0 Å². The fourth-order valence-corrected chi connectivity index (χ4v) is 2.90. The molecule has 0 unspecified atom stereocenters. The number of benzene rings is 2. The summed E-state index contributed by atoms with van der Waals surface area (Å²) in [7, 11) is 0. The predicted molar refractivity (Wildman–Crippen MR) is 86.9 cm³/mol. The summed E-state index contributed by atoms with van der Waals surface area (Å²) >= 11 is 6.03. The zero-order valence-electron chi connectivity index (χ0n) is 11.7. The monoisotopic (exact) mass is 300 g/mol. The van der Waals surface area contributed by atoms with Crippen LogP contribution in [0.4, 0.5) is 11.4 Å². The standard InChI is InChI=1S/C17H17ClN2O/c18-14-11-13(8-9-15(14)19)17(21)20-10-4-3-6-12-5-1-2-7-16(12)20/h1-2,5,7-9,11H,3-4,6,10,19H2. The zero-order valence-corrected chi connectivity index (χ0v) is 12.4. The van der Waals surface area contributed by atoms with Gasteiger partial charge in [0, 0.05) is 17.8 Å². The number of nitrogen functional groups attached to an aromatic ring is 1. The number of nitrogens with zero attached hydrogens (tertiary/aromatic N) is 1. The van der Waals surface area contributed by atoms with E-state index in [-0.39, 0.29) is 5.91 Å². The van der Waals surface area contributed by atoms with Crippen LogP contribution in [0.3, 0.4) is 0 Å². The van der Waals surface area contributed by atoms with Gasteiger partial charge in [0.2, 0.25) is 0 Å². The van der Waals surface area contributed by atoms with Crippen molar-refractivity contribution >= 4 is 28.9 Å². The Hall–Kier alpha value is -2.00. The van der Waals surface area contributed by atoms with E-state index >= 15 is 0 Å². The van der Waals surface area contributed by atoms with Gasteiger partial charge in [-0.05, 0) is 49.1 Å². The molecule has 0 bridgehead atoms. The number of nitrogens with two attached hydrogens (primary N) is 1. The molecule has 1 amide bonds. The number of carbonyl (C=O) groups excluding carboxylic acids is 1. The lowest BCUT2D eigenvalue weighted by atomic mass is 10.1. The molecule has 0 radical (unpaired) electrons. The number of rotatable bonds is 1. The molecule has 1 heterocycles. The molecule has 3 rings (SSSR count). The van der Waals surface area contributed by atoms with Crippen molar-refractivity contribution in [3.05, 3.63) is 58.6 Å². The molecular formula is C17H17ClN2O. The molecule has 2 N–H and O–H groups in total. The minimum atomic E-state index is -0.0220. The molecule has 3 nitrogen and oxygen atoms in total. The van der Waals surface area contributed by atoms with E-state index in [0.29, 0.717) is 16.3 Å². The van der Waals surface area contributed by atoms with Crippen molar-refractivity contribution in [2.45, 2.75) is 19.3 Å². The van der Waals surface area contributed by atoms with Gasteiger partial charge in [-0.3, -0.25) is 4.79 Å². The molecule has 0 aliphatic carbocycles. The van der Waals surface area contributed by atoms with Gasteiger partial charge in [-0.2, -0.15) is 0 Å². The zero-order chi connectivity index (χ0) is 14.8. The Morgan fingerprint density at radius 3 is 2.76 bits per heavy atom. The molecule has 2 aromatic rings. The summed E-state index contributed by atoms with van der Waals surface area (Å²) in [6, 6.07) is 13.2. The Morgan fingerprint density at radius 2 is 1.95 bits per heavy atom. The Balaban J connectivity index is 1.99. The third-order valence-electron chi connectivity index (χ3n) is 3.85. The van der Waals surface area contributed by atoms with Gasteiger partial charge in [0.25, 0.3) is 5.91 Å². The maximum Gasteiger partial charge on any atom is 0.258 e. The Kier molecular flexibility index (Phi) is 3.84. The van der Waals surface area contributed by atoms with Crippen molar-refractivity contribution in [3.8, 4) is 0 Å². The number of amides is 1. The average molecular weight is 301 g/mol. The summed E-state index contributed by atoms with van der Waals surface area (Å²) in [5, 5.41) is 0.420. The van der Waals surface area contributed by atoms with Crippen molar-refractivity contribution < 1.29 is 4.79 Å². The van der Waals surface area contributed by atoms with E-state index in [2.05, 4.69) is 6.07 Å². The molecule has 0 aromatic heterocycles. The van der Waals surface area contributed by atoms with Gasteiger partial charge in [-0.1, -0.05) is 29.8 Å². The topological polar surface area (TPSA) is 46.3 Å². The maximum atomic E-state index is 12.8. The summed E-state index contributed by atoms with van der Waals surface area (Å²) in [5.41, 5.74) is 9.01. The van der Waals surface area contributed by atoms with Gasteiger partial charge >= 0.3 is 0 Å². The van der Waals surface area contributed by atoms with E-state index < -0.39 is 0 Å². The van der Waals surface area contributed by atoms with Crippen LogP contribution in [-0.4, -0.2) is 12.5 Å². The van der Waals surface area contributed by atoms with Gasteiger partial charge in [0.1, 0.15) is 0 Å². The number of anilines is 2. The van der Waals surface area contributed by atoms with Gasteiger partial charge < -0.3 is 10.6 Å². The van der Waals surface area contributed by atoms with Crippen LogP contribution in [-0.2, 0) is 6.42 Å². The number of aryl methyl sites for hydroxylation is 1. The summed E-state index contributed by atoms with van der Waals surface area (Å²) < 4.78 is 0. The Labute approximate surface area is 129 Å². The van der Waals surface area contributed by atoms with Crippen molar-refractivity contribution in [1.29, 1.82) is 0 Å². The molecular weight excluding hydrogens is 284 g/mol. The molecule has 0 spiro atoms. The third-order valence-corrected chi connectivity index (χ3v) is 4.18. The molecule has 4 heteroatoms. The van der Waals surface area contributed by atoms with Crippen LogP contribution >= 0.6 is 11.6 Å². The highest BCUT2D eigenvalue weighted by molar-refractivity contribution is 6.33. The number of carbonyl (C=O) groups is 1. The molecule has 2 aromatic carbocycles. The first-order valence-electron chi connectivity index (χ1n) is 7.11. The lowest BCUT2D eigenvalue weighted by Gasteiger charge is -2.23. The van der Waals surface area contributed by atoms with Crippen LogP contribution in [0.1, 0.15) is 28.8 Å². The van der Waals surface area contributed by atoms with E-state index in [0.717, 1.165) is 31.5 Å². The fourth-order valence-electron chi connectivity index (χ4n) is 2.72. The van der Waals surface area contributed by atoms with Gasteiger partial charge in [0.05, 0.1) is 10.7 Å². The number of hydrogen-bond donors (Lipinski definition) is 1. The molecule has 1 aliphatic heterocycles. The number of para-hydroxylation sites is 1. The van der Waals surface area contributed by atoms with Crippen LogP contribution in [0.25, 0.3) is 0 Å². The second-order valence-electron chi connectivity index (χ2n) is 5.28. The highest BCUT2D eigenvalue weighted by Crippen LogP contribution is 2.28. The second kappa shape index (κ2) is 5.78. The molecule has 1 aliphatic rings. The Bertz CT molecular complexity index is 684. The molecule has 108 valence electrons. The summed E-state index contributed by atoms with van der Waals surface area (Å²) in [4.78, 5) is 14.7. The lowest BCUT2D eigenvalue weighted by Crippen LogP contribution is -2.31. The summed E-state index contributed by atoms with van der Waals surface area (Å²) in [6.07, 6.45) is 3.12. The van der Waals surface area contributed by atoms with E-state index in [1.165, 1.54) is 5.56 Å². The molecule has 0 saturated heterocycles.